The highest BCUT2D eigenvalue weighted by Crippen LogP contribution is 2.19. The van der Waals surface area contributed by atoms with Crippen molar-refractivity contribution in [3.05, 3.63) is 71.0 Å². The van der Waals surface area contributed by atoms with Crippen LogP contribution >= 0.6 is 11.6 Å². The third kappa shape index (κ3) is 6.24. The van der Waals surface area contributed by atoms with E-state index in [4.69, 9.17) is 21.6 Å². The molecule has 0 aromatic heterocycles. The second kappa shape index (κ2) is 10.1. The van der Waals surface area contributed by atoms with Crippen molar-refractivity contribution in [2.45, 2.75) is 6.42 Å². The lowest BCUT2D eigenvalue weighted by Gasteiger charge is -2.21. The van der Waals surface area contributed by atoms with E-state index >= 15 is 0 Å². The lowest BCUT2D eigenvalue weighted by atomic mass is 10.2. The molecule has 0 bridgehead atoms. The van der Waals surface area contributed by atoms with Crippen molar-refractivity contribution in [3.63, 3.8) is 0 Å². The Labute approximate surface area is 161 Å². The van der Waals surface area contributed by atoms with E-state index in [0.717, 1.165) is 4.90 Å². The highest BCUT2D eigenvalue weighted by molar-refractivity contribution is 6.30. The number of para-hydroxylation sites is 1. The Bertz CT molecular complexity index is 893. The molecular weight excluding hydrogens is 371 g/mol. The van der Waals surface area contributed by atoms with E-state index in [-0.39, 0.29) is 18.7 Å². The Morgan fingerprint density at radius 3 is 2.70 bits per heavy atom. The van der Waals surface area contributed by atoms with E-state index in [1.807, 2.05) is 6.07 Å². The normalized spacial score (nSPS) is 10.4. The largest absolute Gasteiger partial charge is 0.452 e. The summed E-state index contributed by atoms with van der Waals surface area (Å²) in [5, 5.41) is 9.27. The van der Waals surface area contributed by atoms with Crippen LogP contribution in [0.1, 0.15) is 12.0 Å². The van der Waals surface area contributed by atoms with Crippen molar-refractivity contribution >= 4 is 35.2 Å². The van der Waals surface area contributed by atoms with E-state index in [2.05, 4.69) is 0 Å². The minimum absolute atomic E-state index is 0.00777. The molecule has 138 valence electrons. The van der Waals surface area contributed by atoms with Crippen LogP contribution in [0.25, 0.3) is 6.08 Å². The zero-order valence-corrected chi connectivity index (χ0v) is 15.0. The first-order valence-corrected chi connectivity index (χ1v) is 8.41. The molecule has 0 saturated heterocycles. The fraction of sp³-hybridized carbons (Fsp3) is 0.150. The van der Waals surface area contributed by atoms with Crippen LogP contribution < -0.4 is 4.90 Å². The smallest absolute Gasteiger partial charge is 0.331 e. The van der Waals surface area contributed by atoms with Crippen LogP contribution in [0.4, 0.5) is 10.1 Å². The predicted molar refractivity (Wildman–Crippen MR) is 100 cm³/mol. The zero-order chi connectivity index (χ0) is 19.6. The fourth-order valence-electron chi connectivity index (χ4n) is 2.25. The first-order valence-electron chi connectivity index (χ1n) is 8.03. The number of carbonyl (C=O) groups is 2. The molecule has 0 saturated carbocycles. The summed E-state index contributed by atoms with van der Waals surface area (Å²) in [6.45, 7) is -0.579. The number of ether oxygens (including phenoxy) is 1. The predicted octanol–water partition coefficient (Wildman–Crippen LogP) is 3.98. The standard InChI is InChI=1S/C20H16ClFN2O3/c21-16-6-3-5-15(13-16)9-10-20(26)27-14-19(25)24(12-4-11-23)18-8-2-1-7-17(18)22/h1-3,5-10,13H,4,12,14H2/b10-9+. The van der Waals surface area contributed by atoms with E-state index in [0.29, 0.717) is 10.6 Å². The first-order chi connectivity index (χ1) is 13.0. The SMILES string of the molecule is N#CCCN(C(=O)COC(=O)/C=C/c1cccc(Cl)c1)c1ccccc1F. The monoisotopic (exact) mass is 386 g/mol. The van der Waals surface area contributed by atoms with E-state index < -0.39 is 24.3 Å². The molecule has 5 nitrogen and oxygen atoms in total. The summed E-state index contributed by atoms with van der Waals surface area (Å²) in [6, 6.07) is 14.5. The van der Waals surface area contributed by atoms with Gasteiger partial charge < -0.3 is 9.64 Å². The molecule has 0 spiro atoms. The van der Waals surface area contributed by atoms with E-state index in [9.17, 15) is 14.0 Å². The molecule has 2 aromatic carbocycles. The van der Waals surface area contributed by atoms with Crippen LogP contribution in [-0.4, -0.2) is 25.0 Å². The molecule has 0 N–H and O–H groups in total. The number of benzene rings is 2. The van der Waals surface area contributed by atoms with Gasteiger partial charge in [-0.3, -0.25) is 4.79 Å². The molecule has 2 rings (SSSR count). The molecule has 0 unspecified atom stereocenters. The third-order valence-electron chi connectivity index (χ3n) is 3.49. The van der Waals surface area contributed by atoms with Gasteiger partial charge in [0.25, 0.3) is 5.91 Å². The number of nitriles is 1. The molecule has 7 heteroatoms. The van der Waals surface area contributed by atoms with Gasteiger partial charge in [0.2, 0.25) is 0 Å². The van der Waals surface area contributed by atoms with Gasteiger partial charge in [-0.05, 0) is 35.9 Å². The lowest BCUT2D eigenvalue weighted by molar-refractivity contribution is -0.142. The highest BCUT2D eigenvalue weighted by Gasteiger charge is 2.19. The van der Waals surface area contributed by atoms with Gasteiger partial charge in [-0.2, -0.15) is 5.26 Å². The lowest BCUT2D eigenvalue weighted by Crippen LogP contribution is -2.36. The van der Waals surface area contributed by atoms with Crippen LogP contribution in [0.15, 0.2) is 54.6 Å². The molecule has 0 radical (unpaired) electrons. The summed E-state index contributed by atoms with van der Waals surface area (Å²) in [5.41, 5.74) is 0.732. The van der Waals surface area contributed by atoms with Gasteiger partial charge in [-0.25, -0.2) is 9.18 Å². The van der Waals surface area contributed by atoms with Crippen molar-refractivity contribution in [1.82, 2.24) is 0 Å². The first kappa shape index (κ1) is 20.1. The molecule has 0 aliphatic carbocycles. The molecule has 1 amide bonds. The Morgan fingerprint density at radius 2 is 2.00 bits per heavy atom. The minimum Gasteiger partial charge on any atom is -0.452 e. The zero-order valence-electron chi connectivity index (χ0n) is 14.3. The number of nitrogens with zero attached hydrogens (tertiary/aromatic N) is 2. The van der Waals surface area contributed by atoms with Gasteiger partial charge in [0.05, 0.1) is 18.2 Å². The number of carbonyl (C=O) groups excluding carboxylic acids is 2. The van der Waals surface area contributed by atoms with Crippen molar-refractivity contribution in [2.24, 2.45) is 0 Å². The summed E-state index contributed by atoms with van der Waals surface area (Å²) in [7, 11) is 0. The maximum atomic E-state index is 14.0. The average Bonchev–Trinajstić information content (AvgIpc) is 2.66. The van der Waals surface area contributed by atoms with Crippen molar-refractivity contribution in [3.8, 4) is 6.07 Å². The van der Waals surface area contributed by atoms with Gasteiger partial charge in [-0.1, -0.05) is 35.9 Å². The van der Waals surface area contributed by atoms with Crippen LogP contribution in [0, 0.1) is 17.1 Å². The summed E-state index contributed by atoms with van der Waals surface area (Å²) in [5.74, 6) is -1.95. The molecule has 0 fully saturated rings. The summed E-state index contributed by atoms with van der Waals surface area (Å²) in [4.78, 5) is 25.3. The molecule has 0 atom stereocenters. The number of hydrogen-bond acceptors (Lipinski definition) is 4. The average molecular weight is 387 g/mol. The number of amides is 1. The Hall–Kier alpha value is -3.17. The van der Waals surface area contributed by atoms with E-state index in [1.54, 1.807) is 30.3 Å². The summed E-state index contributed by atoms with van der Waals surface area (Å²) in [6.07, 6.45) is 2.69. The quantitative estimate of drug-likeness (QED) is 0.533. The summed E-state index contributed by atoms with van der Waals surface area (Å²) >= 11 is 5.86. The van der Waals surface area contributed by atoms with Gasteiger partial charge >= 0.3 is 5.97 Å². The summed E-state index contributed by atoms with van der Waals surface area (Å²) < 4.78 is 18.9. The maximum absolute atomic E-state index is 14.0. The third-order valence-corrected chi connectivity index (χ3v) is 3.73. The Morgan fingerprint density at radius 1 is 1.22 bits per heavy atom. The fourth-order valence-corrected chi connectivity index (χ4v) is 2.44. The maximum Gasteiger partial charge on any atom is 0.331 e. The van der Waals surface area contributed by atoms with Crippen LogP contribution in [-0.2, 0) is 14.3 Å². The Balaban J connectivity index is 1.99. The number of anilines is 1. The van der Waals surface area contributed by atoms with Crippen molar-refractivity contribution < 1.29 is 18.7 Å². The Kier molecular flexibility index (Phi) is 7.53. The number of esters is 1. The second-order valence-corrected chi connectivity index (χ2v) is 5.84. The van der Waals surface area contributed by atoms with Gasteiger partial charge in [-0.15, -0.1) is 0 Å². The molecule has 0 heterocycles. The molecular formula is C20H16ClFN2O3. The van der Waals surface area contributed by atoms with Crippen LogP contribution in [0.3, 0.4) is 0 Å². The topological polar surface area (TPSA) is 70.4 Å². The molecule has 0 aliphatic heterocycles. The molecule has 0 aliphatic rings. The number of hydrogen-bond donors (Lipinski definition) is 0. The minimum atomic E-state index is -0.725. The van der Waals surface area contributed by atoms with Gasteiger partial charge in [0, 0.05) is 17.6 Å². The van der Waals surface area contributed by atoms with Gasteiger partial charge in [0.15, 0.2) is 6.61 Å². The number of rotatable bonds is 7. The number of halogens is 2. The van der Waals surface area contributed by atoms with Crippen LogP contribution in [0.2, 0.25) is 5.02 Å². The van der Waals surface area contributed by atoms with E-state index in [1.165, 1.54) is 30.4 Å². The molecule has 2 aromatic rings. The second-order valence-electron chi connectivity index (χ2n) is 5.40. The van der Waals surface area contributed by atoms with Crippen molar-refractivity contribution in [1.29, 1.82) is 5.26 Å². The highest BCUT2D eigenvalue weighted by atomic mass is 35.5. The molecule has 27 heavy (non-hydrogen) atoms. The van der Waals surface area contributed by atoms with Gasteiger partial charge in [0.1, 0.15) is 5.82 Å². The van der Waals surface area contributed by atoms with Crippen LogP contribution in [0.5, 0.6) is 0 Å². The van der Waals surface area contributed by atoms with Crippen molar-refractivity contribution in [2.75, 3.05) is 18.1 Å².